The number of nitrogens with zero attached hydrogens (tertiary/aromatic N) is 2. The first-order valence-corrected chi connectivity index (χ1v) is 22.8. The summed E-state index contributed by atoms with van der Waals surface area (Å²) in [7, 11) is 6.13. The molecular formula is C46H59IN4O9. The van der Waals surface area contributed by atoms with Gasteiger partial charge in [0, 0.05) is 82.3 Å². The van der Waals surface area contributed by atoms with Crippen molar-refractivity contribution < 1.29 is 43.5 Å². The van der Waals surface area contributed by atoms with Crippen LogP contribution in [0.3, 0.4) is 0 Å². The van der Waals surface area contributed by atoms with Crippen molar-refractivity contribution in [2.45, 2.75) is 99.5 Å². The van der Waals surface area contributed by atoms with E-state index in [0.717, 1.165) is 27.7 Å². The van der Waals surface area contributed by atoms with Gasteiger partial charge in [0.25, 0.3) is 0 Å². The summed E-state index contributed by atoms with van der Waals surface area (Å²) in [5.74, 6) is -1.66. The zero-order valence-corrected chi connectivity index (χ0v) is 37.9. The van der Waals surface area contributed by atoms with Crippen LogP contribution in [0.5, 0.6) is 5.75 Å². The number of carbonyl (C=O) groups is 3. The Balaban J connectivity index is 1.48. The van der Waals surface area contributed by atoms with Crippen LogP contribution < -0.4 is 15.0 Å². The Kier molecular flexibility index (Phi) is 11.2. The number of carbonyl (C=O) groups excluding carboxylic acids is 3. The van der Waals surface area contributed by atoms with Crippen molar-refractivity contribution in [2.75, 3.05) is 63.9 Å². The van der Waals surface area contributed by atoms with E-state index in [4.69, 9.17) is 18.9 Å². The first-order valence-electron chi connectivity index (χ1n) is 21.2. The molecule has 4 unspecified atom stereocenters. The van der Waals surface area contributed by atoms with Gasteiger partial charge in [0.1, 0.15) is 11.2 Å². The molecule has 4 N–H and O–H groups in total. The van der Waals surface area contributed by atoms with Crippen molar-refractivity contribution in [3.8, 4) is 5.75 Å². The van der Waals surface area contributed by atoms with E-state index < -0.39 is 57.5 Å². The number of H-pyrrole nitrogens is 1. The largest absolute Gasteiger partial charge is 0.496 e. The molecule has 0 radical (unpaired) electrons. The average molecular weight is 939 g/mol. The van der Waals surface area contributed by atoms with Gasteiger partial charge in [-0.25, -0.2) is 4.79 Å². The van der Waals surface area contributed by atoms with Crippen molar-refractivity contribution in [3.05, 3.63) is 70.9 Å². The number of aromatic amines is 1. The van der Waals surface area contributed by atoms with Crippen molar-refractivity contribution in [2.24, 2.45) is 11.3 Å². The maximum absolute atomic E-state index is 15.4. The maximum Gasteiger partial charge on any atom is 0.344 e. The van der Waals surface area contributed by atoms with Gasteiger partial charge >= 0.3 is 17.9 Å². The van der Waals surface area contributed by atoms with Crippen LogP contribution in [-0.2, 0) is 45.8 Å². The highest BCUT2D eigenvalue weighted by Gasteiger charge is 2.80. The smallest absolute Gasteiger partial charge is 0.344 e. The number of hydrogen-bond donors (Lipinski definition) is 4. The van der Waals surface area contributed by atoms with Crippen LogP contribution in [0, 0.1) is 11.3 Å². The lowest BCUT2D eigenvalue weighted by atomic mass is 9.47. The predicted octanol–water partition coefficient (Wildman–Crippen LogP) is 4.70. The molecule has 3 aromatic rings. The number of β-amino-alcohol motifs (C(OH)–C–C–N with tert-alkyl or cyclic N) is 1. The molecule has 4 aliphatic heterocycles. The van der Waals surface area contributed by atoms with E-state index in [1.54, 1.807) is 7.11 Å². The number of methoxy groups -OCH3 is 3. The zero-order valence-electron chi connectivity index (χ0n) is 35.7. The monoisotopic (exact) mass is 938 g/mol. The SMILES string of the molecule is CCC1(O)CNCCc2c([nH]c3ccccc23)[C@@](C(=O)OC)(c2cc3c(cc2OC)N(C)C2C(O)(C(=O)OC)[C@H](OC(C)=O)[C@]4(CC)C=CCN5CC[C@]32[C@@H]54)CC(CI)C1. The summed E-state index contributed by atoms with van der Waals surface area (Å²) < 4.78 is 24.6. The Labute approximate surface area is 365 Å². The highest BCUT2D eigenvalue weighted by molar-refractivity contribution is 14.1. The highest BCUT2D eigenvalue weighted by atomic mass is 127. The van der Waals surface area contributed by atoms with Crippen molar-refractivity contribution in [3.63, 3.8) is 0 Å². The maximum atomic E-state index is 15.4. The van der Waals surface area contributed by atoms with E-state index in [9.17, 15) is 19.8 Å². The second-order valence-electron chi connectivity index (χ2n) is 17.8. The molecule has 14 heteroatoms. The fourth-order valence-corrected chi connectivity index (χ4v) is 13.4. The highest BCUT2D eigenvalue weighted by Crippen LogP contribution is 2.68. The van der Waals surface area contributed by atoms with Gasteiger partial charge in [-0.05, 0) is 80.8 Å². The fraction of sp³-hybridized carbons (Fsp3) is 0.587. The number of anilines is 1. The molecule has 1 aromatic heterocycles. The molecule has 2 fully saturated rings. The zero-order chi connectivity index (χ0) is 43.0. The predicted molar refractivity (Wildman–Crippen MR) is 236 cm³/mol. The van der Waals surface area contributed by atoms with Crippen LogP contribution in [0.1, 0.15) is 75.3 Å². The molecule has 0 amide bonds. The van der Waals surface area contributed by atoms with Crippen molar-refractivity contribution in [1.29, 1.82) is 0 Å². The number of aromatic nitrogens is 1. The molecule has 0 bridgehead atoms. The fourth-order valence-electron chi connectivity index (χ4n) is 12.8. The number of likely N-dealkylation sites (N-methyl/N-ethyl adjacent to an activating group) is 1. The van der Waals surface area contributed by atoms with E-state index in [2.05, 4.69) is 56.0 Å². The minimum Gasteiger partial charge on any atom is -0.496 e. The Morgan fingerprint density at radius 3 is 2.40 bits per heavy atom. The van der Waals surface area contributed by atoms with Gasteiger partial charge in [-0.1, -0.05) is 66.8 Å². The van der Waals surface area contributed by atoms with E-state index in [1.165, 1.54) is 21.1 Å². The van der Waals surface area contributed by atoms with Gasteiger partial charge in [0.15, 0.2) is 6.10 Å². The normalized spacial score (nSPS) is 34.8. The molecule has 1 saturated carbocycles. The lowest BCUT2D eigenvalue weighted by Gasteiger charge is -2.63. The van der Waals surface area contributed by atoms with Crippen LogP contribution in [0.4, 0.5) is 5.69 Å². The summed E-state index contributed by atoms with van der Waals surface area (Å²) in [5, 5.41) is 29.9. The number of nitrogens with one attached hydrogen (secondary N) is 2. The molecule has 5 heterocycles. The van der Waals surface area contributed by atoms with E-state index >= 15 is 4.79 Å². The molecule has 324 valence electrons. The molecule has 1 saturated heterocycles. The first kappa shape index (κ1) is 43.0. The van der Waals surface area contributed by atoms with Gasteiger partial charge in [-0.15, -0.1) is 0 Å². The molecule has 8 rings (SSSR count). The van der Waals surface area contributed by atoms with E-state index in [0.29, 0.717) is 86.1 Å². The second kappa shape index (κ2) is 15.6. The number of hydrogen-bond acceptors (Lipinski definition) is 12. The molecule has 1 spiro atoms. The summed E-state index contributed by atoms with van der Waals surface area (Å²) >= 11 is 2.37. The molecule has 9 atom stereocenters. The average Bonchev–Trinajstić information content (AvgIpc) is 3.91. The number of fused-ring (bicyclic) bond motifs is 4. The molecular weight excluding hydrogens is 879 g/mol. The summed E-state index contributed by atoms with van der Waals surface area (Å²) in [6.45, 7) is 7.59. The number of halogens is 1. The Bertz CT molecular complexity index is 2230. The lowest BCUT2D eigenvalue weighted by Crippen LogP contribution is -2.81. The van der Waals surface area contributed by atoms with Crippen LogP contribution in [0.15, 0.2) is 48.6 Å². The summed E-state index contributed by atoms with van der Waals surface area (Å²) in [6, 6.07) is 10.9. The van der Waals surface area contributed by atoms with Crippen LogP contribution in [-0.4, -0.2) is 126 Å². The van der Waals surface area contributed by atoms with Crippen molar-refractivity contribution >= 4 is 57.1 Å². The first-order chi connectivity index (χ1) is 28.7. The Hall–Kier alpha value is -3.70. The number of benzene rings is 2. The minimum absolute atomic E-state index is 0.151. The van der Waals surface area contributed by atoms with Gasteiger partial charge in [0.05, 0.1) is 33.0 Å². The quantitative estimate of drug-likeness (QED) is 0.0812. The van der Waals surface area contributed by atoms with Gasteiger partial charge in [-0.2, -0.15) is 0 Å². The number of aliphatic hydroxyl groups is 2. The van der Waals surface area contributed by atoms with Crippen LogP contribution >= 0.6 is 22.6 Å². The minimum atomic E-state index is -2.31. The summed E-state index contributed by atoms with van der Waals surface area (Å²) in [5.41, 5.74) is -1.93. The molecule has 1 aliphatic carbocycles. The summed E-state index contributed by atoms with van der Waals surface area (Å²) in [6.07, 6.45) is 5.69. The third-order valence-corrected chi connectivity index (χ3v) is 16.4. The van der Waals surface area contributed by atoms with E-state index in [1.807, 2.05) is 56.1 Å². The van der Waals surface area contributed by atoms with Gasteiger partial charge < -0.3 is 44.4 Å². The topological polar surface area (TPSA) is 163 Å². The molecule has 5 aliphatic rings. The Morgan fingerprint density at radius 1 is 0.983 bits per heavy atom. The number of rotatable bonds is 8. The summed E-state index contributed by atoms with van der Waals surface area (Å²) in [4.78, 5) is 50.9. The molecule has 13 nitrogen and oxygen atoms in total. The second-order valence-corrected chi connectivity index (χ2v) is 18.7. The standard InChI is InChI=1S/C46H59IN4O9/c1-8-42(55)23-28(25-47)24-45(40(53)58-6,36-30(15-18-48-26-42)29-13-10-11-14-33(29)49-36)32-21-31-34(22-35(32)57-5)50(4)38-44(31)17-20-51-19-12-16-43(9-2,37(44)51)39(60-27(3)52)46(38,56)41(54)59-7/h10-14,16,21-22,28,37-39,48-49,55-56H,8-9,15,17-20,23-26H2,1-7H3/t28?,37-,38?,39+,42?,43+,44+,45-,46?/m0/s1. The van der Waals surface area contributed by atoms with Gasteiger partial charge in [-0.3, -0.25) is 14.5 Å². The number of esters is 3. The lowest BCUT2D eigenvalue weighted by molar-refractivity contribution is -0.228. The Morgan fingerprint density at radius 2 is 1.73 bits per heavy atom. The van der Waals surface area contributed by atoms with Gasteiger partial charge in [0.2, 0.25) is 5.60 Å². The molecule has 60 heavy (non-hydrogen) atoms. The third-order valence-electron chi connectivity index (χ3n) is 15.1. The van der Waals surface area contributed by atoms with Crippen molar-refractivity contribution in [1.82, 2.24) is 15.2 Å². The molecule has 2 aromatic carbocycles. The van der Waals surface area contributed by atoms with Crippen LogP contribution in [0.25, 0.3) is 10.9 Å². The van der Waals surface area contributed by atoms with Crippen LogP contribution in [0.2, 0.25) is 0 Å². The van der Waals surface area contributed by atoms with E-state index in [-0.39, 0.29) is 12.0 Å². The number of ether oxygens (including phenoxy) is 4. The third kappa shape index (κ3) is 5.86. The number of alkyl halides is 1. The number of para-hydroxylation sites is 1.